The molecule has 0 radical (unpaired) electrons. The van der Waals surface area contributed by atoms with Crippen LogP contribution in [0.2, 0.25) is 5.02 Å². The van der Waals surface area contributed by atoms with Crippen LogP contribution in [0.1, 0.15) is 10.6 Å². The molecule has 17 heavy (non-hydrogen) atoms. The van der Waals surface area contributed by atoms with Crippen molar-refractivity contribution in [3.63, 3.8) is 0 Å². The van der Waals surface area contributed by atoms with Crippen LogP contribution in [0.15, 0.2) is 24.5 Å². The zero-order chi connectivity index (χ0) is 12.4. The van der Waals surface area contributed by atoms with Crippen molar-refractivity contribution in [1.29, 1.82) is 0 Å². The van der Waals surface area contributed by atoms with E-state index >= 15 is 0 Å². The Kier molecular flexibility index (Phi) is 2.97. The Bertz CT molecular complexity index is 567. The summed E-state index contributed by atoms with van der Waals surface area (Å²) in [5.74, 6) is -0.627. The number of halogens is 1. The van der Waals surface area contributed by atoms with Gasteiger partial charge in [0.15, 0.2) is 0 Å². The molecule has 0 amide bonds. The van der Waals surface area contributed by atoms with E-state index in [0.717, 1.165) is 0 Å². The summed E-state index contributed by atoms with van der Waals surface area (Å²) in [5.41, 5.74) is 6.82. The summed E-state index contributed by atoms with van der Waals surface area (Å²) in [4.78, 5) is 15.0. The zero-order valence-corrected chi connectivity index (χ0v) is 9.68. The molecule has 0 spiro atoms. The molecule has 0 atom stereocenters. The van der Waals surface area contributed by atoms with E-state index in [1.165, 1.54) is 18.1 Å². The molecule has 0 bridgehead atoms. The number of nitrogens with two attached hydrogens (primary N) is 1. The van der Waals surface area contributed by atoms with E-state index in [1.807, 2.05) is 0 Å². The normalized spacial score (nSPS) is 10.2. The summed E-state index contributed by atoms with van der Waals surface area (Å²) >= 11 is 5.78. The Hall–Kier alpha value is -2.08. The van der Waals surface area contributed by atoms with Gasteiger partial charge in [0.2, 0.25) is 0 Å². The summed E-state index contributed by atoms with van der Waals surface area (Å²) in [6, 6.07) is 4.95. The molecule has 2 rings (SSSR count). The molecular weight excluding hydrogens is 244 g/mol. The summed E-state index contributed by atoms with van der Waals surface area (Å²) in [6.07, 6.45) is 1.38. The fourth-order valence-corrected chi connectivity index (χ4v) is 1.48. The number of benzene rings is 1. The van der Waals surface area contributed by atoms with Gasteiger partial charge in [-0.1, -0.05) is 11.6 Å². The highest BCUT2D eigenvalue weighted by Gasteiger charge is 2.13. The Balaban J connectivity index is 2.40. The molecule has 0 saturated heterocycles. The molecule has 2 N–H and O–H groups in total. The van der Waals surface area contributed by atoms with Gasteiger partial charge in [-0.2, -0.15) is 0 Å². The molecule has 1 aromatic heterocycles. The van der Waals surface area contributed by atoms with Crippen LogP contribution in [0.4, 0.5) is 5.69 Å². The predicted molar refractivity (Wildman–Crippen MR) is 62.1 cm³/mol. The second-order valence-electron chi connectivity index (χ2n) is 3.21. The van der Waals surface area contributed by atoms with Gasteiger partial charge in [0.25, 0.3) is 5.82 Å². The van der Waals surface area contributed by atoms with Gasteiger partial charge in [-0.3, -0.25) is 0 Å². The van der Waals surface area contributed by atoms with Crippen molar-refractivity contribution in [3.05, 3.63) is 35.4 Å². The van der Waals surface area contributed by atoms with Crippen LogP contribution in [0, 0.1) is 0 Å². The van der Waals surface area contributed by atoms with Gasteiger partial charge in [0, 0.05) is 5.02 Å². The third-order valence-electron chi connectivity index (χ3n) is 2.10. The fourth-order valence-electron chi connectivity index (χ4n) is 1.30. The van der Waals surface area contributed by atoms with Crippen LogP contribution >= 0.6 is 11.6 Å². The smallest absolute Gasteiger partial charge is 0.377 e. The van der Waals surface area contributed by atoms with Crippen LogP contribution in [-0.4, -0.2) is 27.8 Å². The van der Waals surface area contributed by atoms with E-state index in [1.54, 1.807) is 18.2 Å². The standard InChI is InChI=1S/C10H9ClN4O2/c1-17-10(16)9-13-5-15(14-9)8-3-2-6(11)4-7(8)12/h2-5H,12H2,1H3. The number of anilines is 1. The molecule has 1 heterocycles. The first-order valence-corrected chi connectivity index (χ1v) is 5.05. The lowest BCUT2D eigenvalue weighted by Gasteiger charge is -2.04. The van der Waals surface area contributed by atoms with Crippen molar-refractivity contribution >= 4 is 23.3 Å². The molecule has 1 aromatic carbocycles. The van der Waals surface area contributed by atoms with E-state index in [-0.39, 0.29) is 5.82 Å². The van der Waals surface area contributed by atoms with E-state index in [0.29, 0.717) is 16.4 Å². The second-order valence-corrected chi connectivity index (χ2v) is 3.64. The number of hydrogen-bond donors (Lipinski definition) is 1. The van der Waals surface area contributed by atoms with Gasteiger partial charge in [-0.05, 0) is 18.2 Å². The quantitative estimate of drug-likeness (QED) is 0.643. The van der Waals surface area contributed by atoms with Crippen LogP contribution in [-0.2, 0) is 4.74 Å². The molecule has 0 saturated carbocycles. The number of ether oxygens (including phenoxy) is 1. The summed E-state index contributed by atoms with van der Waals surface area (Å²) in [7, 11) is 1.26. The molecule has 0 aliphatic rings. The Morgan fingerprint density at radius 2 is 2.29 bits per heavy atom. The lowest BCUT2D eigenvalue weighted by atomic mass is 10.3. The van der Waals surface area contributed by atoms with Crippen LogP contribution in [0.25, 0.3) is 5.69 Å². The summed E-state index contributed by atoms with van der Waals surface area (Å²) in [5, 5.41) is 4.48. The highest BCUT2D eigenvalue weighted by Crippen LogP contribution is 2.20. The van der Waals surface area contributed by atoms with Crippen LogP contribution in [0.5, 0.6) is 0 Å². The summed E-state index contributed by atoms with van der Waals surface area (Å²) in [6.45, 7) is 0. The predicted octanol–water partition coefficient (Wildman–Crippen LogP) is 1.29. The van der Waals surface area contributed by atoms with E-state index in [4.69, 9.17) is 17.3 Å². The Morgan fingerprint density at radius 1 is 1.53 bits per heavy atom. The molecule has 0 aliphatic carbocycles. The first-order valence-electron chi connectivity index (χ1n) is 4.67. The van der Waals surface area contributed by atoms with Gasteiger partial charge in [0.1, 0.15) is 6.33 Å². The van der Waals surface area contributed by atoms with E-state index in [2.05, 4.69) is 14.8 Å². The molecule has 0 fully saturated rings. The van der Waals surface area contributed by atoms with E-state index in [9.17, 15) is 4.79 Å². The van der Waals surface area contributed by atoms with Crippen molar-refractivity contribution in [2.45, 2.75) is 0 Å². The largest absolute Gasteiger partial charge is 0.463 e. The maximum atomic E-state index is 11.2. The topological polar surface area (TPSA) is 83.0 Å². The second kappa shape index (κ2) is 4.42. The van der Waals surface area contributed by atoms with Gasteiger partial charge < -0.3 is 10.5 Å². The Morgan fingerprint density at radius 3 is 2.94 bits per heavy atom. The number of nitrogens with zero attached hydrogens (tertiary/aromatic N) is 3. The van der Waals surface area contributed by atoms with Gasteiger partial charge in [-0.25, -0.2) is 14.5 Å². The number of carbonyl (C=O) groups excluding carboxylic acids is 1. The molecule has 0 aliphatic heterocycles. The number of esters is 1. The molecule has 88 valence electrons. The number of rotatable bonds is 2. The fraction of sp³-hybridized carbons (Fsp3) is 0.100. The third kappa shape index (κ3) is 2.21. The van der Waals surface area contributed by atoms with Crippen molar-refractivity contribution in [3.8, 4) is 5.69 Å². The first-order chi connectivity index (χ1) is 8.11. The lowest BCUT2D eigenvalue weighted by Crippen LogP contribution is -2.06. The average molecular weight is 253 g/mol. The zero-order valence-electron chi connectivity index (χ0n) is 8.92. The first kappa shape index (κ1) is 11.4. The highest BCUT2D eigenvalue weighted by molar-refractivity contribution is 6.30. The number of carbonyl (C=O) groups is 1. The molecule has 2 aromatic rings. The SMILES string of the molecule is COC(=O)c1ncn(-c2ccc(Cl)cc2N)n1. The maximum Gasteiger partial charge on any atom is 0.377 e. The van der Waals surface area contributed by atoms with Gasteiger partial charge in [0.05, 0.1) is 18.5 Å². The minimum atomic E-state index is -0.601. The van der Waals surface area contributed by atoms with Gasteiger partial charge >= 0.3 is 5.97 Å². The van der Waals surface area contributed by atoms with Crippen molar-refractivity contribution < 1.29 is 9.53 Å². The lowest BCUT2D eigenvalue weighted by molar-refractivity contribution is 0.0587. The van der Waals surface area contributed by atoms with Crippen molar-refractivity contribution in [1.82, 2.24) is 14.8 Å². The third-order valence-corrected chi connectivity index (χ3v) is 2.33. The molecule has 7 heteroatoms. The minimum Gasteiger partial charge on any atom is -0.463 e. The number of methoxy groups -OCH3 is 1. The Labute approximate surface area is 102 Å². The monoisotopic (exact) mass is 252 g/mol. The molecule has 6 nitrogen and oxygen atoms in total. The summed E-state index contributed by atoms with van der Waals surface area (Å²) < 4.78 is 5.89. The number of hydrogen-bond acceptors (Lipinski definition) is 5. The number of aromatic nitrogens is 3. The van der Waals surface area contributed by atoms with Crippen LogP contribution in [0.3, 0.4) is 0 Å². The number of nitrogen functional groups attached to an aromatic ring is 1. The van der Waals surface area contributed by atoms with Crippen molar-refractivity contribution in [2.75, 3.05) is 12.8 Å². The molecular formula is C10H9ClN4O2. The maximum absolute atomic E-state index is 11.2. The van der Waals surface area contributed by atoms with E-state index < -0.39 is 5.97 Å². The molecule has 0 unspecified atom stereocenters. The highest BCUT2D eigenvalue weighted by atomic mass is 35.5. The van der Waals surface area contributed by atoms with Gasteiger partial charge in [-0.15, -0.1) is 5.10 Å². The minimum absolute atomic E-state index is 0.0261. The van der Waals surface area contributed by atoms with Crippen LogP contribution < -0.4 is 5.73 Å². The van der Waals surface area contributed by atoms with Crippen molar-refractivity contribution in [2.24, 2.45) is 0 Å². The average Bonchev–Trinajstić information content (AvgIpc) is 2.77.